The molecule has 0 saturated heterocycles. The Morgan fingerprint density at radius 2 is 1.84 bits per heavy atom. The van der Waals surface area contributed by atoms with Crippen LogP contribution in [-0.2, 0) is 21.5 Å². The summed E-state index contributed by atoms with van der Waals surface area (Å²) < 4.78 is 39.7. The van der Waals surface area contributed by atoms with Crippen LogP contribution in [0.5, 0.6) is 0 Å². The first-order chi connectivity index (χ1) is 17.9. The monoisotopic (exact) mass is 557 g/mol. The molecule has 198 valence electrons. The number of amides is 1. The number of hydrogen-bond acceptors (Lipinski definition) is 6. The number of carbonyl (C=O) groups excluding carboxylic acids is 2. The van der Waals surface area contributed by atoms with Gasteiger partial charge in [0, 0.05) is 35.8 Å². The summed E-state index contributed by atoms with van der Waals surface area (Å²) in [6.07, 6.45) is -3.29. The molecule has 0 spiro atoms. The lowest BCUT2D eigenvalue weighted by Gasteiger charge is -2.42. The highest BCUT2D eigenvalue weighted by Gasteiger charge is 2.45. The van der Waals surface area contributed by atoms with Crippen molar-refractivity contribution in [2.24, 2.45) is 5.41 Å². The van der Waals surface area contributed by atoms with Crippen molar-refractivity contribution in [3.05, 3.63) is 82.1 Å². The molecular weight excluding hydrogens is 531 g/mol. The molecule has 0 N–H and O–H groups in total. The number of halogens is 3. The minimum absolute atomic E-state index is 0.0469. The van der Waals surface area contributed by atoms with E-state index < -0.39 is 11.7 Å². The summed E-state index contributed by atoms with van der Waals surface area (Å²) >= 11 is 2.47. The van der Waals surface area contributed by atoms with Crippen LogP contribution in [-0.4, -0.2) is 21.9 Å². The quantitative estimate of drug-likeness (QED) is 0.243. The molecule has 2 aliphatic rings. The van der Waals surface area contributed by atoms with E-state index in [1.807, 2.05) is 45.0 Å². The minimum Gasteiger partial charge on any atom is -0.294 e. The van der Waals surface area contributed by atoms with E-state index in [9.17, 15) is 22.8 Å². The standard InChI is InChI=1S/C28H26F3N3O2S2/c1-16-7-4-5-10-19(16)20-12-23(36)34(21-13-27(2,3)14-22(35)24(20)21)25-32-33-26(38-25)37-15-17-8-6-9-18(11-17)28(29,30)31/h4-11,20H,12-15H2,1-3H3/t20-/m0/s1. The van der Waals surface area contributed by atoms with Gasteiger partial charge in [-0.2, -0.15) is 13.2 Å². The van der Waals surface area contributed by atoms with Gasteiger partial charge in [-0.1, -0.05) is 79.4 Å². The van der Waals surface area contributed by atoms with E-state index in [4.69, 9.17) is 0 Å². The highest BCUT2D eigenvalue weighted by Crippen LogP contribution is 2.49. The Hall–Kier alpha value is -2.98. The molecule has 0 saturated carbocycles. The van der Waals surface area contributed by atoms with E-state index in [0.717, 1.165) is 23.3 Å². The first kappa shape index (κ1) is 26.6. The SMILES string of the molecule is Cc1ccccc1[C@@H]1CC(=O)N(c2nnc(SCc3cccc(C(F)(F)F)c3)s2)C2=C1C(=O)CC(C)(C)C2. The number of ketones is 1. The number of anilines is 1. The number of carbonyl (C=O) groups is 2. The van der Waals surface area contributed by atoms with Gasteiger partial charge in [0.05, 0.1) is 5.56 Å². The van der Waals surface area contributed by atoms with Crippen molar-refractivity contribution in [1.82, 2.24) is 10.2 Å². The Labute approximate surface area is 227 Å². The largest absolute Gasteiger partial charge is 0.416 e. The molecule has 0 bridgehead atoms. The molecule has 1 aromatic heterocycles. The number of Topliss-reactive ketones (excluding diaryl/α,β-unsaturated/α-hetero) is 1. The molecule has 38 heavy (non-hydrogen) atoms. The molecule has 2 aromatic carbocycles. The normalized spacial score (nSPS) is 19.6. The first-order valence-electron chi connectivity index (χ1n) is 12.2. The van der Waals surface area contributed by atoms with Crippen molar-refractivity contribution in [3.8, 4) is 0 Å². The van der Waals surface area contributed by atoms with Crippen LogP contribution in [0, 0.1) is 12.3 Å². The number of thioether (sulfide) groups is 1. The van der Waals surface area contributed by atoms with Gasteiger partial charge in [0.2, 0.25) is 11.0 Å². The summed E-state index contributed by atoms with van der Waals surface area (Å²) in [5, 5.41) is 8.85. The molecule has 1 amide bonds. The second kappa shape index (κ2) is 9.96. The van der Waals surface area contributed by atoms with E-state index >= 15 is 0 Å². The van der Waals surface area contributed by atoms with Gasteiger partial charge >= 0.3 is 6.18 Å². The van der Waals surface area contributed by atoms with Crippen molar-refractivity contribution in [2.75, 3.05) is 4.90 Å². The van der Waals surface area contributed by atoms with Gasteiger partial charge in [-0.15, -0.1) is 10.2 Å². The fourth-order valence-electron chi connectivity index (χ4n) is 5.21. The Bertz CT molecular complexity index is 1440. The van der Waals surface area contributed by atoms with E-state index in [1.165, 1.54) is 29.2 Å². The number of hydrogen-bond donors (Lipinski definition) is 0. The molecular formula is C28H26F3N3O2S2. The van der Waals surface area contributed by atoms with Crippen molar-refractivity contribution in [2.45, 2.75) is 62.2 Å². The molecule has 10 heteroatoms. The molecule has 3 aromatic rings. The number of nitrogens with zero attached hydrogens (tertiary/aromatic N) is 3. The lowest BCUT2D eigenvalue weighted by Crippen LogP contribution is -2.43. The summed E-state index contributed by atoms with van der Waals surface area (Å²) in [5.41, 5.74) is 2.88. The lowest BCUT2D eigenvalue weighted by atomic mass is 9.69. The third-order valence-electron chi connectivity index (χ3n) is 6.91. The molecule has 0 radical (unpaired) electrons. The predicted molar refractivity (Wildman–Crippen MR) is 142 cm³/mol. The number of aryl methyl sites for hydroxylation is 1. The summed E-state index contributed by atoms with van der Waals surface area (Å²) in [4.78, 5) is 28.6. The van der Waals surface area contributed by atoms with Crippen LogP contribution in [0.3, 0.4) is 0 Å². The highest BCUT2D eigenvalue weighted by molar-refractivity contribution is 8.00. The van der Waals surface area contributed by atoms with Gasteiger partial charge in [0.15, 0.2) is 10.1 Å². The third-order valence-corrected chi connectivity index (χ3v) is 9.02. The third kappa shape index (κ3) is 5.29. The number of benzene rings is 2. The van der Waals surface area contributed by atoms with Crippen molar-refractivity contribution >= 4 is 39.9 Å². The molecule has 2 heterocycles. The van der Waals surface area contributed by atoms with Gasteiger partial charge < -0.3 is 0 Å². The maximum atomic E-state index is 13.6. The highest BCUT2D eigenvalue weighted by atomic mass is 32.2. The fourth-order valence-corrected chi connectivity index (χ4v) is 7.04. The van der Waals surface area contributed by atoms with Gasteiger partial charge in [-0.25, -0.2) is 0 Å². The zero-order chi connectivity index (χ0) is 27.2. The van der Waals surface area contributed by atoms with Gasteiger partial charge in [0.1, 0.15) is 0 Å². The Kier molecular flexibility index (Phi) is 6.98. The second-order valence-electron chi connectivity index (χ2n) is 10.5. The van der Waals surface area contributed by atoms with Crippen molar-refractivity contribution < 1.29 is 22.8 Å². The lowest BCUT2D eigenvalue weighted by molar-refractivity contribution is -0.137. The van der Waals surface area contributed by atoms with Gasteiger partial charge in [-0.3, -0.25) is 14.5 Å². The zero-order valence-electron chi connectivity index (χ0n) is 21.1. The van der Waals surface area contributed by atoms with E-state index in [0.29, 0.717) is 39.1 Å². The second-order valence-corrected chi connectivity index (χ2v) is 12.7. The van der Waals surface area contributed by atoms with Crippen LogP contribution in [0.1, 0.15) is 61.3 Å². The van der Waals surface area contributed by atoms with Crippen LogP contribution in [0.25, 0.3) is 0 Å². The minimum atomic E-state index is -4.40. The first-order valence-corrected chi connectivity index (χ1v) is 14.0. The maximum Gasteiger partial charge on any atom is 0.416 e. The average Bonchev–Trinajstić information content (AvgIpc) is 3.29. The smallest absolute Gasteiger partial charge is 0.294 e. The molecule has 1 atom stereocenters. The van der Waals surface area contributed by atoms with Crippen LogP contribution in [0.15, 0.2) is 64.1 Å². The topological polar surface area (TPSA) is 63.2 Å². The van der Waals surface area contributed by atoms with Crippen molar-refractivity contribution in [1.29, 1.82) is 0 Å². The molecule has 0 fully saturated rings. The Morgan fingerprint density at radius 1 is 1.08 bits per heavy atom. The molecule has 5 rings (SSSR count). The predicted octanol–water partition coefficient (Wildman–Crippen LogP) is 7.32. The van der Waals surface area contributed by atoms with Crippen LogP contribution < -0.4 is 4.90 Å². The maximum absolute atomic E-state index is 13.6. The molecule has 1 aliphatic heterocycles. The zero-order valence-corrected chi connectivity index (χ0v) is 22.8. The summed E-state index contributed by atoms with van der Waals surface area (Å²) in [7, 11) is 0. The summed E-state index contributed by atoms with van der Waals surface area (Å²) in [6, 6.07) is 13.0. The van der Waals surface area contributed by atoms with Gasteiger partial charge in [-0.05, 0) is 41.5 Å². The molecule has 1 aliphatic carbocycles. The fraction of sp³-hybridized carbons (Fsp3) is 0.357. The van der Waals surface area contributed by atoms with Gasteiger partial charge in [0.25, 0.3) is 0 Å². The van der Waals surface area contributed by atoms with E-state index in [2.05, 4.69) is 10.2 Å². The van der Waals surface area contributed by atoms with E-state index in [-0.39, 0.29) is 35.2 Å². The summed E-state index contributed by atoms with van der Waals surface area (Å²) in [5.74, 6) is -0.124. The Balaban J connectivity index is 1.46. The number of aromatic nitrogens is 2. The number of rotatable bonds is 5. The van der Waals surface area contributed by atoms with Crippen LogP contribution >= 0.6 is 23.1 Å². The van der Waals surface area contributed by atoms with Crippen LogP contribution in [0.4, 0.5) is 18.3 Å². The Morgan fingerprint density at radius 3 is 2.58 bits per heavy atom. The summed E-state index contributed by atoms with van der Waals surface area (Å²) in [6.45, 7) is 6.03. The van der Waals surface area contributed by atoms with E-state index in [1.54, 1.807) is 11.0 Å². The molecule has 5 nitrogen and oxygen atoms in total. The average molecular weight is 558 g/mol. The van der Waals surface area contributed by atoms with Crippen molar-refractivity contribution in [3.63, 3.8) is 0 Å². The molecule has 0 unspecified atom stereocenters. The number of alkyl halides is 3. The van der Waals surface area contributed by atoms with Crippen LogP contribution in [0.2, 0.25) is 0 Å². The number of allylic oxidation sites excluding steroid dienone is 2.